The average Bonchev–Trinajstić information content (AvgIpc) is 2.43. The van der Waals surface area contributed by atoms with E-state index in [2.05, 4.69) is 0 Å². The van der Waals surface area contributed by atoms with E-state index in [4.69, 9.17) is 9.84 Å². The number of hydrogen-bond donors (Lipinski definition) is 1. The number of carbonyl (C=O) groups is 1. The topological polar surface area (TPSA) is 46.5 Å². The third kappa shape index (κ3) is 2.74. The molecule has 0 heterocycles. The van der Waals surface area contributed by atoms with E-state index in [0.29, 0.717) is 5.56 Å². The van der Waals surface area contributed by atoms with Crippen molar-refractivity contribution in [1.29, 1.82) is 0 Å². The van der Waals surface area contributed by atoms with Crippen molar-refractivity contribution in [2.45, 2.75) is 6.61 Å². The molecule has 0 bridgehead atoms. The largest absolute Gasteiger partial charge is 0.483 e. The summed E-state index contributed by atoms with van der Waals surface area (Å²) < 4.78 is 45.3. The van der Waals surface area contributed by atoms with E-state index in [9.17, 15) is 18.0 Å². The molecule has 0 spiro atoms. The Hall–Kier alpha value is -2.50. The lowest BCUT2D eigenvalue weighted by molar-refractivity contribution is 0.0689. The summed E-state index contributed by atoms with van der Waals surface area (Å²) in [6, 6.07) is 8.71. The fourth-order valence-corrected chi connectivity index (χ4v) is 1.59. The molecule has 0 unspecified atom stereocenters. The third-order valence-corrected chi connectivity index (χ3v) is 2.57. The Morgan fingerprint density at radius 2 is 1.75 bits per heavy atom. The molecule has 0 amide bonds. The number of benzene rings is 2. The molecule has 0 aromatic heterocycles. The normalized spacial score (nSPS) is 10.3. The average molecular weight is 282 g/mol. The highest BCUT2D eigenvalue weighted by molar-refractivity contribution is 5.88. The van der Waals surface area contributed by atoms with Crippen LogP contribution in [-0.2, 0) is 6.61 Å². The first-order valence-corrected chi connectivity index (χ1v) is 5.58. The predicted octanol–water partition coefficient (Wildman–Crippen LogP) is 3.38. The number of carboxylic acid groups (broad SMARTS) is 1. The van der Waals surface area contributed by atoms with Crippen LogP contribution < -0.4 is 4.74 Å². The molecule has 0 aliphatic heterocycles. The lowest BCUT2D eigenvalue weighted by Gasteiger charge is -2.10. The van der Waals surface area contributed by atoms with Gasteiger partial charge in [0.25, 0.3) is 0 Å². The lowest BCUT2D eigenvalue weighted by Crippen LogP contribution is -2.08. The molecule has 1 N–H and O–H groups in total. The van der Waals surface area contributed by atoms with Crippen molar-refractivity contribution < 1.29 is 27.8 Å². The van der Waals surface area contributed by atoms with Gasteiger partial charge in [-0.1, -0.05) is 30.3 Å². The predicted molar refractivity (Wildman–Crippen MR) is 64.0 cm³/mol. The number of hydrogen-bond acceptors (Lipinski definition) is 2. The molecule has 20 heavy (non-hydrogen) atoms. The smallest absolute Gasteiger partial charge is 0.338 e. The van der Waals surface area contributed by atoms with Crippen molar-refractivity contribution in [1.82, 2.24) is 0 Å². The summed E-state index contributed by atoms with van der Waals surface area (Å²) in [6.45, 7) is -0.211. The Morgan fingerprint density at radius 3 is 2.35 bits per heavy atom. The highest BCUT2D eigenvalue weighted by Gasteiger charge is 2.23. The van der Waals surface area contributed by atoms with Crippen LogP contribution in [0.15, 0.2) is 36.4 Å². The molecule has 0 radical (unpaired) electrons. The summed E-state index contributed by atoms with van der Waals surface area (Å²) >= 11 is 0. The summed E-state index contributed by atoms with van der Waals surface area (Å²) in [4.78, 5) is 10.7. The maximum Gasteiger partial charge on any atom is 0.338 e. The molecule has 2 aromatic carbocycles. The zero-order valence-electron chi connectivity index (χ0n) is 10.1. The molecule has 2 aromatic rings. The van der Waals surface area contributed by atoms with E-state index in [1.54, 1.807) is 30.3 Å². The Balaban J connectivity index is 2.33. The second kappa shape index (κ2) is 5.64. The summed E-state index contributed by atoms with van der Waals surface area (Å²) in [6.07, 6.45) is 0. The summed E-state index contributed by atoms with van der Waals surface area (Å²) in [5, 5.41) is 8.71. The Bertz CT molecular complexity index is 642. The maximum absolute atomic E-state index is 13.8. The van der Waals surface area contributed by atoms with Gasteiger partial charge in [-0.3, -0.25) is 0 Å². The van der Waals surface area contributed by atoms with Crippen LogP contribution in [0.3, 0.4) is 0 Å². The summed E-state index contributed by atoms with van der Waals surface area (Å²) in [5.41, 5.74) is -0.376. The first-order valence-electron chi connectivity index (χ1n) is 5.58. The summed E-state index contributed by atoms with van der Waals surface area (Å²) in [5.74, 6) is -7.21. The van der Waals surface area contributed by atoms with Gasteiger partial charge in [-0.05, 0) is 11.6 Å². The molecular weight excluding hydrogens is 273 g/mol. The molecule has 6 heteroatoms. The minimum Gasteiger partial charge on any atom is -0.483 e. The van der Waals surface area contributed by atoms with E-state index >= 15 is 0 Å². The van der Waals surface area contributed by atoms with Gasteiger partial charge >= 0.3 is 5.97 Å². The lowest BCUT2D eigenvalue weighted by atomic mass is 10.2. The highest BCUT2D eigenvalue weighted by atomic mass is 19.2. The molecule has 104 valence electrons. The van der Waals surface area contributed by atoms with Crippen molar-refractivity contribution in [3.63, 3.8) is 0 Å². The molecular formula is C14H9F3O3. The van der Waals surface area contributed by atoms with Gasteiger partial charge in [0.05, 0.1) is 0 Å². The number of carboxylic acids is 1. The van der Waals surface area contributed by atoms with Gasteiger partial charge in [0.15, 0.2) is 17.4 Å². The van der Waals surface area contributed by atoms with Gasteiger partial charge in [0.2, 0.25) is 5.82 Å². The van der Waals surface area contributed by atoms with Crippen molar-refractivity contribution in [3.8, 4) is 5.75 Å². The van der Waals surface area contributed by atoms with Gasteiger partial charge in [-0.2, -0.15) is 4.39 Å². The van der Waals surface area contributed by atoms with E-state index in [1.165, 1.54) is 0 Å². The zero-order valence-corrected chi connectivity index (χ0v) is 10.1. The van der Waals surface area contributed by atoms with Gasteiger partial charge < -0.3 is 9.84 Å². The highest BCUT2D eigenvalue weighted by Crippen LogP contribution is 2.28. The first kappa shape index (κ1) is 13.9. The molecule has 0 saturated carbocycles. The zero-order chi connectivity index (χ0) is 14.7. The van der Waals surface area contributed by atoms with E-state index in [0.717, 1.165) is 0 Å². The van der Waals surface area contributed by atoms with Crippen LogP contribution in [0.5, 0.6) is 5.75 Å². The van der Waals surface area contributed by atoms with Crippen molar-refractivity contribution in [2.75, 3.05) is 0 Å². The van der Waals surface area contributed by atoms with E-state index in [1.807, 2.05) is 0 Å². The van der Waals surface area contributed by atoms with Gasteiger partial charge in [-0.15, -0.1) is 0 Å². The van der Waals surface area contributed by atoms with Crippen LogP contribution in [-0.4, -0.2) is 11.1 Å². The minimum absolute atomic E-state index is 0.211. The van der Waals surface area contributed by atoms with Gasteiger partial charge in [0, 0.05) is 0 Å². The standard InChI is InChI=1S/C14H9F3O3/c15-10-6-9(14(18)19)11(16)13(12(10)17)20-7-8-4-2-1-3-5-8/h1-6H,7H2,(H,18,19). The number of ether oxygens (including phenoxy) is 1. The quantitative estimate of drug-likeness (QED) is 0.874. The van der Waals surface area contributed by atoms with Gasteiger partial charge in [0.1, 0.15) is 12.2 Å². The minimum atomic E-state index is -1.70. The Labute approximate surface area is 112 Å². The number of rotatable bonds is 4. The number of halogens is 3. The maximum atomic E-state index is 13.8. The molecule has 2 rings (SSSR count). The fraction of sp³-hybridized carbons (Fsp3) is 0.0714. The molecule has 3 nitrogen and oxygen atoms in total. The third-order valence-electron chi connectivity index (χ3n) is 2.57. The van der Waals surface area contributed by atoms with E-state index < -0.39 is 34.7 Å². The SMILES string of the molecule is O=C(O)c1cc(F)c(F)c(OCc2ccccc2)c1F. The monoisotopic (exact) mass is 282 g/mol. The fourth-order valence-electron chi connectivity index (χ4n) is 1.59. The molecule has 0 atom stereocenters. The second-order valence-corrected chi connectivity index (χ2v) is 3.94. The van der Waals surface area contributed by atoms with E-state index in [-0.39, 0.29) is 12.7 Å². The Morgan fingerprint density at radius 1 is 1.10 bits per heavy atom. The first-order chi connectivity index (χ1) is 9.50. The van der Waals surface area contributed by atoms with Crippen LogP contribution in [0.25, 0.3) is 0 Å². The van der Waals surface area contributed by atoms with Crippen molar-refractivity contribution in [2.24, 2.45) is 0 Å². The van der Waals surface area contributed by atoms with Crippen molar-refractivity contribution >= 4 is 5.97 Å². The van der Waals surface area contributed by atoms with Crippen LogP contribution in [0.1, 0.15) is 15.9 Å². The second-order valence-electron chi connectivity index (χ2n) is 3.94. The van der Waals surface area contributed by atoms with Crippen LogP contribution >= 0.6 is 0 Å². The van der Waals surface area contributed by atoms with Crippen LogP contribution in [0, 0.1) is 17.5 Å². The van der Waals surface area contributed by atoms with Gasteiger partial charge in [-0.25, -0.2) is 13.6 Å². The van der Waals surface area contributed by atoms with Crippen LogP contribution in [0.2, 0.25) is 0 Å². The molecule has 0 aliphatic rings. The Kier molecular flexibility index (Phi) is 3.93. The number of aromatic carboxylic acids is 1. The molecule has 0 fully saturated rings. The molecule has 0 saturated heterocycles. The van der Waals surface area contributed by atoms with Crippen LogP contribution in [0.4, 0.5) is 13.2 Å². The summed E-state index contributed by atoms with van der Waals surface area (Å²) in [7, 11) is 0. The van der Waals surface area contributed by atoms with Crippen molar-refractivity contribution in [3.05, 3.63) is 65.0 Å². The molecule has 0 aliphatic carbocycles.